The largest absolute Gasteiger partial charge is 0.502 e. The van der Waals surface area contributed by atoms with Gasteiger partial charge in [-0.3, -0.25) is 25.0 Å². The van der Waals surface area contributed by atoms with E-state index in [0.717, 1.165) is 21.9 Å². The highest BCUT2D eigenvalue weighted by Gasteiger charge is 2.19. The number of anilines is 1. The van der Waals surface area contributed by atoms with Crippen LogP contribution >= 0.6 is 63.7 Å². The number of rotatable bonds is 2. The summed E-state index contributed by atoms with van der Waals surface area (Å²) >= 11 is 12.6. The van der Waals surface area contributed by atoms with Crippen LogP contribution in [-0.4, -0.2) is 29.9 Å². The van der Waals surface area contributed by atoms with E-state index in [9.17, 15) is 25.0 Å². The Morgan fingerprint density at radius 2 is 1.35 bits per heavy atom. The summed E-state index contributed by atoms with van der Waals surface area (Å²) in [6, 6.07) is 4.60. The van der Waals surface area contributed by atoms with Gasteiger partial charge in [-0.1, -0.05) is 0 Å². The standard InChI is InChI=1S/C6H4Br2N2O2.C6H6Br2N2.C6H6N2O4/c1-3-2-4(7)5(10(11)12)6(8)9-3;1-3-2-4(7)5(9)6(8)10-3;1-3-2-4(9)5(8(11)12)6(10)7-3/h2H,1H3;2H,9H2,1H3;2H,1H3,(H2,7,9,10). The summed E-state index contributed by atoms with van der Waals surface area (Å²) in [5, 5.41) is 29.6. The summed E-state index contributed by atoms with van der Waals surface area (Å²) < 4.78 is 2.26. The zero-order valence-corrected chi connectivity index (χ0v) is 23.9. The van der Waals surface area contributed by atoms with E-state index in [-0.39, 0.29) is 10.3 Å². The van der Waals surface area contributed by atoms with Gasteiger partial charge in [0, 0.05) is 27.6 Å². The summed E-state index contributed by atoms with van der Waals surface area (Å²) in [6.45, 7) is 5.19. The summed E-state index contributed by atoms with van der Waals surface area (Å²) in [7, 11) is 0. The molecule has 4 N–H and O–H groups in total. The maximum atomic E-state index is 10.8. The molecule has 0 fully saturated rings. The number of nitro groups is 2. The van der Waals surface area contributed by atoms with Gasteiger partial charge < -0.3 is 15.8 Å². The molecule has 0 aliphatic carbocycles. The highest BCUT2D eigenvalue weighted by Crippen LogP contribution is 2.31. The van der Waals surface area contributed by atoms with Crippen LogP contribution in [-0.2, 0) is 0 Å². The van der Waals surface area contributed by atoms with Gasteiger partial charge in [-0.25, -0.2) is 9.97 Å². The molecule has 3 aromatic rings. The Hall–Kier alpha value is -2.43. The van der Waals surface area contributed by atoms with Gasteiger partial charge in [-0.15, -0.1) is 0 Å². The molecule has 0 unspecified atom stereocenters. The van der Waals surface area contributed by atoms with Gasteiger partial charge in [0.25, 0.3) is 0 Å². The summed E-state index contributed by atoms with van der Waals surface area (Å²) in [5.41, 5.74) is 6.52. The number of nitrogens with two attached hydrogens (primary N) is 1. The fraction of sp³-hybridized carbons (Fsp3) is 0.167. The van der Waals surface area contributed by atoms with Crippen molar-refractivity contribution in [2.24, 2.45) is 0 Å². The second-order valence-corrected chi connectivity index (χ2v) is 9.58. The first-order valence-corrected chi connectivity index (χ1v) is 11.9. The minimum atomic E-state index is -0.923. The van der Waals surface area contributed by atoms with Crippen molar-refractivity contribution in [3.8, 4) is 5.75 Å². The van der Waals surface area contributed by atoms with Crippen LogP contribution in [0.1, 0.15) is 17.1 Å². The number of aromatic hydroxyl groups is 1. The van der Waals surface area contributed by atoms with Crippen LogP contribution in [0.5, 0.6) is 5.75 Å². The van der Waals surface area contributed by atoms with Gasteiger partial charge in [0.15, 0.2) is 4.60 Å². The molecule has 0 saturated carbocycles. The third-order valence-corrected chi connectivity index (χ3v) is 6.03. The molecule has 0 aliphatic rings. The molecule has 3 heterocycles. The van der Waals surface area contributed by atoms with Crippen molar-refractivity contribution < 1.29 is 15.0 Å². The Labute approximate surface area is 225 Å². The van der Waals surface area contributed by atoms with Crippen molar-refractivity contribution in [3.05, 3.63) is 84.0 Å². The molecule has 0 bridgehead atoms. The third-order valence-electron chi connectivity index (χ3n) is 3.61. The molecule has 34 heavy (non-hydrogen) atoms. The number of hydrogen-bond donors (Lipinski definition) is 3. The molecule has 3 rings (SSSR count). The molecule has 182 valence electrons. The number of aromatic nitrogens is 3. The molecule has 0 amide bonds. The van der Waals surface area contributed by atoms with Gasteiger partial charge in [-0.05, 0) is 96.6 Å². The molecule has 0 spiro atoms. The van der Waals surface area contributed by atoms with Crippen molar-refractivity contribution in [2.75, 3.05) is 5.73 Å². The number of nitrogens with one attached hydrogen (secondary N) is 1. The lowest BCUT2D eigenvalue weighted by Gasteiger charge is -2.00. The van der Waals surface area contributed by atoms with Crippen LogP contribution in [0.3, 0.4) is 0 Å². The summed E-state index contributed by atoms with van der Waals surface area (Å²) in [6.07, 6.45) is 0. The molecular formula is C18H16Br4N6O6. The number of aryl methyl sites for hydroxylation is 3. The molecule has 0 aromatic carbocycles. The van der Waals surface area contributed by atoms with Crippen LogP contribution in [0, 0.1) is 41.0 Å². The van der Waals surface area contributed by atoms with E-state index in [1.54, 1.807) is 13.0 Å². The number of halogens is 4. The molecule has 12 nitrogen and oxygen atoms in total. The molecule has 0 saturated heterocycles. The predicted molar refractivity (Wildman–Crippen MR) is 140 cm³/mol. The number of H-pyrrole nitrogens is 1. The van der Waals surface area contributed by atoms with Crippen LogP contribution in [0.4, 0.5) is 17.1 Å². The molecular weight excluding hydrogens is 716 g/mol. The monoisotopic (exact) mass is 728 g/mol. The van der Waals surface area contributed by atoms with Crippen molar-refractivity contribution in [1.29, 1.82) is 0 Å². The van der Waals surface area contributed by atoms with E-state index in [1.807, 2.05) is 13.0 Å². The second-order valence-electron chi connectivity index (χ2n) is 6.36. The SMILES string of the molecule is Cc1cc(Br)c(N)c(Br)n1.Cc1cc(Br)c([N+](=O)[O-])c(Br)n1.Cc1cc(O)c([N+](=O)[O-])c(=O)[nH]1. The Morgan fingerprint density at radius 3 is 1.76 bits per heavy atom. The maximum absolute atomic E-state index is 10.8. The van der Waals surface area contributed by atoms with Gasteiger partial charge >= 0.3 is 16.9 Å². The van der Waals surface area contributed by atoms with Crippen molar-refractivity contribution in [3.63, 3.8) is 0 Å². The quantitative estimate of drug-likeness (QED) is 0.171. The number of aromatic amines is 1. The average molecular weight is 732 g/mol. The molecule has 16 heteroatoms. The van der Waals surface area contributed by atoms with Crippen molar-refractivity contribution in [2.45, 2.75) is 20.8 Å². The smallest absolute Gasteiger partial charge is 0.375 e. The molecule has 0 radical (unpaired) electrons. The van der Waals surface area contributed by atoms with Crippen LogP contribution in [0.2, 0.25) is 0 Å². The Balaban J connectivity index is 0.000000256. The topological polar surface area (TPSA) is 191 Å². The van der Waals surface area contributed by atoms with E-state index < -0.39 is 26.8 Å². The number of nitrogen functional groups attached to an aromatic ring is 1. The molecule has 3 aromatic heterocycles. The van der Waals surface area contributed by atoms with Gasteiger partial charge in [0.05, 0.1) is 20.0 Å². The molecule has 0 aliphatic heterocycles. The first-order chi connectivity index (χ1) is 15.6. The maximum Gasteiger partial charge on any atom is 0.375 e. The fourth-order valence-electron chi connectivity index (χ4n) is 2.20. The first kappa shape index (κ1) is 29.6. The first-order valence-electron chi connectivity index (χ1n) is 8.78. The minimum absolute atomic E-state index is 0.0411. The zero-order valence-electron chi connectivity index (χ0n) is 17.6. The number of nitrogens with zero attached hydrogens (tertiary/aromatic N) is 4. The van der Waals surface area contributed by atoms with Crippen molar-refractivity contribution in [1.82, 2.24) is 15.0 Å². The lowest BCUT2D eigenvalue weighted by Crippen LogP contribution is -2.12. The summed E-state index contributed by atoms with van der Waals surface area (Å²) in [5.74, 6) is -0.610. The van der Waals surface area contributed by atoms with E-state index in [2.05, 4.69) is 78.7 Å². The van der Waals surface area contributed by atoms with Gasteiger partial charge in [-0.2, -0.15) is 0 Å². The van der Waals surface area contributed by atoms with E-state index in [4.69, 9.17) is 10.8 Å². The predicted octanol–water partition coefficient (Wildman–Crippen LogP) is 5.62. The third kappa shape index (κ3) is 8.41. The highest BCUT2D eigenvalue weighted by atomic mass is 79.9. The van der Waals surface area contributed by atoms with Crippen LogP contribution in [0.25, 0.3) is 0 Å². The fourth-order valence-corrected chi connectivity index (χ4v) is 5.05. The average Bonchev–Trinajstić information content (AvgIpc) is 2.64. The molecule has 0 atom stereocenters. The second kappa shape index (κ2) is 12.9. The Bertz CT molecular complexity index is 1250. The van der Waals surface area contributed by atoms with Gasteiger partial charge in [0.1, 0.15) is 4.60 Å². The summed E-state index contributed by atoms with van der Waals surface area (Å²) in [4.78, 5) is 40.3. The lowest BCUT2D eigenvalue weighted by molar-refractivity contribution is -0.387. The highest BCUT2D eigenvalue weighted by molar-refractivity contribution is 9.11. The zero-order chi connectivity index (χ0) is 26.3. The van der Waals surface area contributed by atoms with Crippen LogP contribution < -0.4 is 11.3 Å². The van der Waals surface area contributed by atoms with Crippen molar-refractivity contribution >= 4 is 80.8 Å². The number of hydrogen-bond acceptors (Lipinski definition) is 9. The number of pyridine rings is 3. The van der Waals surface area contributed by atoms with E-state index in [1.165, 1.54) is 6.92 Å². The van der Waals surface area contributed by atoms with Crippen LogP contribution in [0.15, 0.2) is 41.1 Å². The van der Waals surface area contributed by atoms with E-state index >= 15 is 0 Å². The van der Waals surface area contributed by atoms with Gasteiger partial charge in [0.2, 0.25) is 5.75 Å². The minimum Gasteiger partial charge on any atom is -0.502 e. The Kier molecular flexibility index (Phi) is 11.2. The Morgan fingerprint density at radius 1 is 0.882 bits per heavy atom. The normalized spacial score (nSPS) is 9.85. The lowest BCUT2D eigenvalue weighted by atomic mass is 10.3. The van der Waals surface area contributed by atoms with E-state index in [0.29, 0.717) is 20.5 Å².